The number of halogens is 1. The molecule has 42 heavy (non-hydrogen) atoms. The van der Waals surface area contributed by atoms with E-state index in [0.717, 1.165) is 35.4 Å². The molecule has 224 valence electrons. The van der Waals surface area contributed by atoms with E-state index in [4.69, 9.17) is 9.47 Å². The molecule has 0 saturated carbocycles. The maximum Gasteiger partial charge on any atom is 0.251 e. The highest BCUT2D eigenvalue weighted by atomic mass is 19.1. The molecular formula is C35H43FN2O4. The van der Waals surface area contributed by atoms with Gasteiger partial charge >= 0.3 is 0 Å². The molecule has 0 radical (unpaired) electrons. The Hall–Kier alpha value is -3.97. The lowest BCUT2D eigenvalue weighted by Crippen LogP contribution is -2.37. The van der Waals surface area contributed by atoms with Crippen LogP contribution in [0.15, 0.2) is 60.7 Å². The fourth-order valence-corrected chi connectivity index (χ4v) is 4.81. The highest BCUT2D eigenvalue weighted by molar-refractivity contribution is 5.96. The summed E-state index contributed by atoms with van der Waals surface area (Å²) in [6, 6.07) is 16.6. The molecule has 0 heterocycles. The molecule has 2 atom stereocenters. The van der Waals surface area contributed by atoms with E-state index in [1.54, 1.807) is 43.5 Å². The minimum absolute atomic E-state index is 0.0673. The minimum Gasteiger partial charge on any atom is -0.457 e. The SMILES string of the molecule is C=c1ccc(C(=O)NCC(C)OC)c(CC)/c1=C/N(C)CC(CC)CCC(=O)c1ccc(Oc2ccc(F)cc2)cc1. The van der Waals surface area contributed by atoms with E-state index in [2.05, 4.69) is 29.9 Å². The summed E-state index contributed by atoms with van der Waals surface area (Å²) in [4.78, 5) is 28.0. The number of amides is 1. The van der Waals surface area contributed by atoms with Crippen LogP contribution in [0.1, 0.15) is 66.3 Å². The Bertz CT molecular complexity index is 1440. The molecule has 0 spiro atoms. The van der Waals surface area contributed by atoms with E-state index in [9.17, 15) is 14.0 Å². The number of hydrogen-bond acceptors (Lipinski definition) is 5. The molecule has 2 unspecified atom stereocenters. The maximum atomic E-state index is 13.1. The second-order valence-corrected chi connectivity index (χ2v) is 10.7. The van der Waals surface area contributed by atoms with Crippen LogP contribution in [0.5, 0.6) is 11.5 Å². The van der Waals surface area contributed by atoms with Crippen molar-refractivity contribution in [3.8, 4) is 11.5 Å². The molecule has 3 rings (SSSR count). The monoisotopic (exact) mass is 574 g/mol. The Balaban J connectivity index is 1.63. The lowest BCUT2D eigenvalue weighted by atomic mass is 9.96. The van der Waals surface area contributed by atoms with Crippen molar-refractivity contribution in [1.29, 1.82) is 0 Å². The molecular weight excluding hydrogens is 531 g/mol. The lowest BCUT2D eigenvalue weighted by Gasteiger charge is -2.22. The number of rotatable bonds is 15. The number of nitrogens with one attached hydrogen (secondary N) is 1. The predicted octanol–water partition coefficient (Wildman–Crippen LogP) is 5.71. The van der Waals surface area contributed by atoms with Gasteiger partial charge in [0.1, 0.15) is 17.3 Å². The van der Waals surface area contributed by atoms with Crippen molar-refractivity contribution in [1.82, 2.24) is 10.2 Å². The van der Waals surface area contributed by atoms with Crippen LogP contribution in [-0.4, -0.2) is 49.9 Å². The summed E-state index contributed by atoms with van der Waals surface area (Å²) in [5.74, 6) is 1.08. The summed E-state index contributed by atoms with van der Waals surface area (Å²) in [5.41, 5.74) is 2.26. The maximum absolute atomic E-state index is 13.1. The molecule has 1 amide bonds. The zero-order chi connectivity index (χ0) is 30.6. The summed E-state index contributed by atoms with van der Waals surface area (Å²) in [6.07, 6.45) is 4.85. The summed E-state index contributed by atoms with van der Waals surface area (Å²) >= 11 is 0. The van der Waals surface area contributed by atoms with Crippen molar-refractivity contribution in [3.05, 3.63) is 93.6 Å². The van der Waals surface area contributed by atoms with Crippen LogP contribution in [0, 0.1) is 11.7 Å². The molecule has 0 aliphatic rings. The van der Waals surface area contributed by atoms with Gasteiger partial charge in [-0.05, 0) is 91.1 Å². The molecule has 3 aromatic rings. The number of ketones is 1. The van der Waals surface area contributed by atoms with Gasteiger partial charge in [-0.15, -0.1) is 0 Å². The van der Waals surface area contributed by atoms with E-state index in [0.29, 0.717) is 47.9 Å². The Kier molecular flexibility index (Phi) is 12.3. The van der Waals surface area contributed by atoms with E-state index in [1.807, 2.05) is 33.0 Å². The van der Waals surface area contributed by atoms with Gasteiger partial charge in [0.25, 0.3) is 5.91 Å². The van der Waals surface area contributed by atoms with E-state index >= 15 is 0 Å². The third kappa shape index (κ3) is 9.28. The molecule has 0 saturated heterocycles. The Labute approximate surface area is 248 Å². The van der Waals surface area contributed by atoms with Crippen LogP contribution in [0.2, 0.25) is 0 Å². The molecule has 0 aromatic heterocycles. The van der Waals surface area contributed by atoms with Crippen LogP contribution in [-0.2, 0) is 11.2 Å². The van der Waals surface area contributed by atoms with Crippen LogP contribution in [0.25, 0.3) is 12.8 Å². The molecule has 0 fully saturated rings. The molecule has 3 aromatic carbocycles. The third-order valence-corrected chi connectivity index (χ3v) is 7.48. The first-order chi connectivity index (χ1) is 20.1. The fraction of sp³-hybridized carbons (Fsp3) is 0.371. The average molecular weight is 575 g/mol. The molecule has 7 heteroatoms. The zero-order valence-corrected chi connectivity index (χ0v) is 25.4. The highest BCUT2D eigenvalue weighted by Gasteiger charge is 2.15. The van der Waals surface area contributed by atoms with E-state index in [-0.39, 0.29) is 23.6 Å². The zero-order valence-electron chi connectivity index (χ0n) is 25.4. The Morgan fingerprint density at radius 1 is 1.02 bits per heavy atom. The second-order valence-electron chi connectivity index (χ2n) is 10.7. The lowest BCUT2D eigenvalue weighted by molar-refractivity contribution is 0.0869. The van der Waals surface area contributed by atoms with Crippen molar-refractivity contribution >= 4 is 24.5 Å². The van der Waals surface area contributed by atoms with Gasteiger partial charge < -0.3 is 19.7 Å². The predicted molar refractivity (Wildman–Crippen MR) is 167 cm³/mol. The molecule has 0 bridgehead atoms. The summed E-state index contributed by atoms with van der Waals surface area (Å²) in [7, 11) is 3.65. The van der Waals surface area contributed by atoms with Crippen molar-refractivity contribution in [2.75, 3.05) is 27.2 Å². The van der Waals surface area contributed by atoms with Crippen molar-refractivity contribution < 1.29 is 23.5 Å². The topological polar surface area (TPSA) is 67.9 Å². The molecule has 1 N–H and O–H groups in total. The van der Waals surface area contributed by atoms with E-state index < -0.39 is 0 Å². The number of Topliss-reactive ketones (excluding diaryl/α,β-unsaturated/α-hetero) is 1. The average Bonchev–Trinajstić information content (AvgIpc) is 2.99. The van der Waals surface area contributed by atoms with Crippen LogP contribution >= 0.6 is 0 Å². The number of hydrogen-bond donors (Lipinski definition) is 1. The van der Waals surface area contributed by atoms with Gasteiger partial charge in [-0.25, -0.2) is 4.39 Å². The Morgan fingerprint density at radius 2 is 1.67 bits per heavy atom. The van der Waals surface area contributed by atoms with Crippen molar-refractivity contribution in [2.24, 2.45) is 5.92 Å². The number of carbonyl (C=O) groups excluding carboxylic acids is 2. The Morgan fingerprint density at radius 3 is 2.26 bits per heavy atom. The number of benzene rings is 3. The highest BCUT2D eigenvalue weighted by Crippen LogP contribution is 2.23. The minimum atomic E-state index is -0.321. The van der Waals surface area contributed by atoms with Gasteiger partial charge in [0.05, 0.1) is 6.10 Å². The number of nitrogens with zero attached hydrogens (tertiary/aromatic N) is 1. The van der Waals surface area contributed by atoms with Crippen LogP contribution in [0.4, 0.5) is 4.39 Å². The van der Waals surface area contributed by atoms with Gasteiger partial charge in [-0.3, -0.25) is 9.59 Å². The smallest absolute Gasteiger partial charge is 0.251 e. The van der Waals surface area contributed by atoms with Crippen LogP contribution < -0.4 is 20.5 Å². The first kappa shape index (κ1) is 32.5. The quantitative estimate of drug-likeness (QED) is 0.236. The first-order valence-corrected chi connectivity index (χ1v) is 14.6. The largest absolute Gasteiger partial charge is 0.457 e. The van der Waals surface area contributed by atoms with Gasteiger partial charge in [-0.2, -0.15) is 0 Å². The summed E-state index contributed by atoms with van der Waals surface area (Å²) in [5, 5.41) is 4.79. The standard InChI is InChI=1S/C35H43FN2O4/c1-7-26(10-20-34(39)27-11-15-29(16-12-27)42-30-17-13-28(36)14-18-30)22-38(5)23-33-24(3)9-19-32(31(33)8-2)35(40)37-21-25(4)41-6/h9,11-19,23,25-26H,3,7-8,10,20-22H2,1-2,4-6H3,(H,37,40)/b33-23+. The van der Waals surface area contributed by atoms with E-state index in [1.165, 1.54) is 12.1 Å². The van der Waals surface area contributed by atoms with Gasteiger partial charge in [0.15, 0.2) is 5.78 Å². The number of methoxy groups -OCH3 is 1. The van der Waals surface area contributed by atoms with Crippen molar-refractivity contribution in [2.45, 2.75) is 52.6 Å². The number of ether oxygens (including phenoxy) is 2. The molecule has 6 nitrogen and oxygen atoms in total. The van der Waals surface area contributed by atoms with Crippen molar-refractivity contribution in [3.63, 3.8) is 0 Å². The molecule has 0 aliphatic heterocycles. The first-order valence-electron chi connectivity index (χ1n) is 14.6. The van der Waals surface area contributed by atoms with Crippen LogP contribution in [0.3, 0.4) is 0 Å². The molecule has 0 aliphatic carbocycles. The van der Waals surface area contributed by atoms with Gasteiger partial charge in [-0.1, -0.05) is 32.9 Å². The number of carbonyl (C=O) groups is 2. The summed E-state index contributed by atoms with van der Waals surface area (Å²) in [6.45, 7) is 11.5. The van der Waals surface area contributed by atoms with Gasteiger partial charge in [0, 0.05) is 56.2 Å². The van der Waals surface area contributed by atoms with Gasteiger partial charge in [0.2, 0.25) is 0 Å². The fourth-order valence-electron chi connectivity index (χ4n) is 4.81. The normalized spacial score (nSPS) is 13.0. The summed E-state index contributed by atoms with van der Waals surface area (Å²) < 4.78 is 24.1. The third-order valence-electron chi connectivity index (χ3n) is 7.48. The second kappa shape index (κ2) is 15.9.